The monoisotopic (exact) mass is 683 g/mol. The van der Waals surface area contributed by atoms with Gasteiger partial charge in [-0.1, -0.05) is 78.0 Å². The molecule has 2 aromatic heterocycles. The Labute approximate surface area is 284 Å². The molecular weight excluding hydrogens is 654 g/mol. The number of thioether (sulfide) groups is 1. The fraction of sp³-hybridized carbons (Fsp3) is 0.143. The number of H-pyrrole nitrogens is 1. The average Bonchev–Trinajstić information content (AvgIpc) is 3.68. The molecule has 0 spiro atoms. The zero-order chi connectivity index (χ0) is 32.8. The first-order chi connectivity index (χ1) is 22.8. The van der Waals surface area contributed by atoms with E-state index in [1.54, 1.807) is 18.2 Å². The minimum absolute atomic E-state index is 0.0817. The molecule has 0 aliphatic rings. The Hall–Kier alpha value is -4.84. The van der Waals surface area contributed by atoms with Crippen LogP contribution >= 0.6 is 34.7 Å². The highest BCUT2D eigenvalue weighted by Gasteiger charge is 2.24. The molecule has 6 aromatic rings. The number of hydrogen-bond donors (Lipinski definition) is 4. The minimum atomic E-state index is -0.914. The molecule has 0 aliphatic carbocycles. The summed E-state index contributed by atoms with van der Waals surface area (Å²) in [4.78, 5) is 46.9. The van der Waals surface area contributed by atoms with Gasteiger partial charge in [0.2, 0.25) is 11.8 Å². The van der Waals surface area contributed by atoms with Gasteiger partial charge >= 0.3 is 6.09 Å². The van der Waals surface area contributed by atoms with Gasteiger partial charge in [-0.25, -0.2) is 9.78 Å². The fourth-order valence-corrected chi connectivity index (χ4v) is 7.03. The highest BCUT2D eigenvalue weighted by Crippen LogP contribution is 2.32. The Bertz CT molecular complexity index is 2060. The van der Waals surface area contributed by atoms with Gasteiger partial charge < -0.3 is 25.7 Å². The number of aromatic amines is 1. The summed E-state index contributed by atoms with van der Waals surface area (Å²) in [6.45, 7) is 1.99. The molecule has 0 saturated carbocycles. The maximum atomic E-state index is 13.6. The second kappa shape index (κ2) is 14.7. The SMILES string of the molecule is Cc1ccc(Cl)cc1NC(=O)CSc1nc2ccc(NC(=O)C(Cc3c[nH]c4ccccc34)NC(=O)OCc3ccccc3)cc2s1. The third kappa shape index (κ3) is 8.31. The Balaban J connectivity index is 1.12. The number of rotatable bonds is 11. The van der Waals surface area contributed by atoms with Crippen LogP contribution in [0.5, 0.6) is 0 Å². The highest BCUT2D eigenvalue weighted by molar-refractivity contribution is 8.01. The molecular formula is C35H30ClN5O4S2. The third-order valence-electron chi connectivity index (χ3n) is 7.36. The van der Waals surface area contributed by atoms with E-state index in [1.807, 2.05) is 85.9 Å². The Morgan fingerprint density at radius 3 is 2.64 bits per heavy atom. The third-order valence-corrected chi connectivity index (χ3v) is 9.75. The molecule has 4 N–H and O–H groups in total. The van der Waals surface area contributed by atoms with Crippen LogP contribution in [0.4, 0.5) is 16.2 Å². The van der Waals surface area contributed by atoms with Crippen molar-refractivity contribution in [2.24, 2.45) is 0 Å². The summed E-state index contributed by atoms with van der Waals surface area (Å²) in [5, 5.41) is 10.1. The molecule has 12 heteroatoms. The number of ether oxygens (including phenoxy) is 1. The molecule has 1 atom stereocenters. The van der Waals surface area contributed by atoms with Crippen LogP contribution in [0.1, 0.15) is 16.7 Å². The maximum Gasteiger partial charge on any atom is 0.408 e. The summed E-state index contributed by atoms with van der Waals surface area (Å²) < 4.78 is 7.00. The number of alkyl carbamates (subject to hydrolysis) is 1. The van der Waals surface area contributed by atoms with Crippen LogP contribution in [0.25, 0.3) is 21.1 Å². The van der Waals surface area contributed by atoms with E-state index >= 15 is 0 Å². The summed E-state index contributed by atoms with van der Waals surface area (Å²) in [6.07, 6.45) is 1.40. The van der Waals surface area contributed by atoms with E-state index < -0.39 is 18.0 Å². The van der Waals surface area contributed by atoms with Crippen molar-refractivity contribution in [2.75, 3.05) is 16.4 Å². The van der Waals surface area contributed by atoms with E-state index in [9.17, 15) is 14.4 Å². The number of hydrogen-bond acceptors (Lipinski definition) is 7. The summed E-state index contributed by atoms with van der Waals surface area (Å²) in [7, 11) is 0. The van der Waals surface area contributed by atoms with Crippen LogP contribution in [0.15, 0.2) is 102 Å². The van der Waals surface area contributed by atoms with Crippen LogP contribution in [0.3, 0.4) is 0 Å². The quantitative estimate of drug-likeness (QED) is 0.103. The second-order valence-corrected chi connectivity index (χ2v) is 13.5. The second-order valence-electron chi connectivity index (χ2n) is 10.8. The van der Waals surface area contributed by atoms with E-state index in [4.69, 9.17) is 16.3 Å². The van der Waals surface area contributed by atoms with Crippen LogP contribution in [0.2, 0.25) is 5.02 Å². The van der Waals surface area contributed by atoms with E-state index in [1.165, 1.54) is 23.1 Å². The van der Waals surface area contributed by atoms with Gasteiger partial charge in [0.05, 0.1) is 16.0 Å². The van der Waals surface area contributed by atoms with Gasteiger partial charge in [0, 0.05) is 39.9 Å². The number of halogens is 1. The molecule has 2 heterocycles. The molecule has 1 unspecified atom stereocenters. The summed E-state index contributed by atoms with van der Waals surface area (Å²) in [5.74, 6) is -0.376. The van der Waals surface area contributed by atoms with Crippen molar-refractivity contribution in [3.8, 4) is 0 Å². The summed E-state index contributed by atoms with van der Waals surface area (Å²) >= 11 is 8.83. The number of thiazole rings is 1. The Kier molecular flexibility index (Phi) is 10.1. The number of benzene rings is 4. The Morgan fingerprint density at radius 1 is 0.979 bits per heavy atom. The zero-order valence-electron chi connectivity index (χ0n) is 25.2. The molecule has 9 nitrogen and oxygen atoms in total. The molecule has 6 rings (SSSR count). The van der Waals surface area contributed by atoms with E-state index in [0.29, 0.717) is 16.4 Å². The van der Waals surface area contributed by atoms with Gasteiger partial charge in [0.1, 0.15) is 12.6 Å². The van der Waals surface area contributed by atoms with Crippen molar-refractivity contribution >= 4 is 85.1 Å². The van der Waals surface area contributed by atoms with Crippen molar-refractivity contribution in [2.45, 2.75) is 30.3 Å². The lowest BCUT2D eigenvalue weighted by Crippen LogP contribution is -2.45. The van der Waals surface area contributed by atoms with Crippen molar-refractivity contribution in [1.29, 1.82) is 0 Å². The molecule has 47 heavy (non-hydrogen) atoms. The molecule has 3 amide bonds. The largest absolute Gasteiger partial charge is 0.445 e. The lowest BCUT2D eigenvalue weighted by molar-refractivity contribution is -0.118. The van der Waals surface area contributed by atoms with Crippen molar-refractivity contribution in [3.05, 3.63) is 119 Å². The first-order valence-electron chi connectivity index (χ1n) is 14.7. The number of anilines is 2. The number of aromatic nitrogens is 2. The van der Waals surface area contributed by atoms with Gasteiger partial charge in [-0.05, 0) is 60.0 Å². The summed E-state index contributed by atoms with van der Waals surface area (Å²) in [5.41, 5.74) is 5.57. The lowest BCUT2D eigenvalue weighted by Gasteiger charge is -2.18. The van der Waals surface area contributed by atoms with E-state index in [2.05, 4.69) is 25.9 Å². The van der Waals surface area contributed by atoms with Crippen LogP contribution in [-0.2, 0) is 27.4 Å². The predicted molar refractivity (Wildman–Crippen MR) is 189 cm³/mol. The number of carbonyl (C=O) groups is 3. The van der Waals surface area contributed by atoms with E-state index in [0.717, 1.165) is 42.1 Å². The highest BCUT2D eigenvalue weighted by atomic mass is 35.5. The van der Waals surface area contributed by atoms with Gasteiger partial charge in [-0.2, -0.15) is 0 Å². The predicted octanol–water partition coefficient (Wildman–Crippen LogP) is 7.95. The van der Waals surface area contributed by atoms with Crippen LogP contribution in [0, 0.1) is 6.92 Å². The van der Waals surface area contributed by atoms with E-state index in [-0.39, 0.29) is 24.7 Å². The molecule has 0 aliphatic heterocycles. The first-order valence-corrected chi connectivity index (χ1v) is 16.9. The van der Waals surface area contributed by atoms with Gasteiger partial charge in [-0.3, -0.25) is 9.59 Å². The zero-order valence-corrected chi connectivity index (χ0v) is 27.6. The number of nitrogens with one attached hydrogen (secondary N) is 4. The topological polar surface area (TPSA) is 125 Å². The fourth-order valence-electron chi connectivity index (χ4n) is 4.95. The minimum Gasteiger partial charge on any atom is -0.445 e. The molecule has 238 valence electrons. The van der Waals surface area contributed by atoms with Gasteiger partial charge in [0.25, 0.3) is 0 Å². The molecule has 4 aromatic carbocycles. The Morgan fingerprint density at radius 2 is 1.79 bits per heavy atom. The van der Waals surface area contributed by atoms with Gasteiger partial charge in [-0.15, -0.1) is 11.3 Å². The smallest absolute Gasteiger partial charge is 0.408 e. The van der Waals surface area contributed by atoms with Crippen LogP contribution in [-0.4, -0.2) is 39.7 Å². The van der Waals surface area contributed by atoms with Crippen molar-refractivity contribution < 1.29 is 19.1 Å². The van der Waals surface area contributed by atoms with Crippen LogP contribution < -0.4 is 16.0 Å². The number of carbonyl (C=O) groups excluding carboxylic acids is 3. The average molecular weight is 684 g/mol. The summed E-state index contributed by atoms with van der Waals surface area (Å²) in [6, 6.07) is 27.0. The number of aryl methyl sites for hydroxylation is 1. The number of nitrogens with zero attached hydrogens (tertiary/aromatic N) is 1. The molecule has 0 bridgehead atoms. The maximum absolute atomic E-state index is 13.6. The first kappa shape index (κ1) is 32.1. The molecule has 0 fully saturated rings. The number of amides is 3. The normalized spacial score (nSPS) is 11.7. The number of fused-ring (bicyclic) bond motifs is 2. The number of para-hydroxylation sites is 1. The molecule has 0 saturated heterocycles. The van der Waals surface area contributed by atoms with Crippen molar-refractivity contribution in [3.63, 3.8) is 0 Å². The standard InChI is InChI=1S/C35H30ClN5O4S2/c1-21-11-12-24(36)16-29(21)39-32(42)20-46-35-41-28-14-13-25(17-31(28)47-35)38-33(43)30(15-23-18-37-27-10-6-5-9-26(23)27)40-34(44)45-19-22-7-3-2-4-8-22/h2-14,16-18,30,37H,15,19-20H2,1H3,(H,38,43)(H,39,42)(H,40,44). The van der Waals surface area contributed by atoms with Gasteiger partial charge in [0.15, 0.2) is 4.34 Å². The van der Waals surface area contributed by atoms with Crippen molar-refractivity contribution in [1.82, 2.24) is 15.3 Å². The lowest BCUT2D eigenvalue weighted by atomic mass is 10.0. The molecule has 0 radical (unpaired) electrons.